The molecule has 4 rings (SSSR count). The van der Waals surface area contributed by atoms with Crippen LogP contribution in [-0.2, 0) is 21.2 Å². The van der Waals surface area contributed by atoms with Gasteiger partial charge in [-0.25, -0.2) is 12.7 Å². The zero-order valence-electron chi connectivity index (χ0n) is 19.6. The van der Waals surface area contributed by atoms with E-state index in [2.05, 4.69) is 5.32 Å². The second kappa shape index (κ2) is 10.4. The van der Waals surface area contributed by atoms with Crippen molar-refractivity contribution in [1.29, 1.82) is 0 Å². The van der Waals surface area contributed by atoms with Crippen LogP contribution in [0, 0.1) is 5.92 Å². The van der Waals surface area contributed by atoms with Crippen LogP contribution in [0.5, 0.6) is 0 Å². The third-order valence-corrected chi connectivity index (χ3v) is 9.10. The molecule has 1 fully saturated rings. The van der Waals surface area contributed by atoms with Gasteiger partial charge < -0.3 is 5.32 Å². The van der Waals surface area contributed by atoms with Crippen molar-refractivity contribution < 1.29 is 13.2 Å². The smallest absolute Gasteiger partial charge is 0.308 e. The number of amides is 1. The van der Waals surface area contributed by atoms with Crippen LogP contribution in [0.1, 0.15) is 44.7 Å². The van der Waals surface area contributed by atoms with E-state index in [4.69, 9.17) is 0 Å². The highest BCUT2D eigenvalue weighted by molar-refractivity contribution is 7.89. The zero-order valence-corrected chi connectivity index (χ0v) is 21.2. The van der Waals surface area contributed by atoms with Crippen LogP contribution < -0.4 is 10.2 Å². The van der Waals surface area contributed by atoms with Crippen LogP contribution in [0.4, 0.5) is 5.69 Å². The summed E-state index contributed by atoms with van der Waals surface area (Å²) in [6.45, 7) is 4.60. The molecule has 34 heavy (non-hydrogen) atoms. The van der Waals surface area contributed by atoms with Gasteiger partial charge in [-0.3, -0.25) is 14.2 Å². The Hall–Kier alpha value is -2.49. The number of benzene rings is 2. The molecule has 2 heterocycles. The lowest BCUT2D eigenvalue weighted by Crippen LogP contribution is -2.44. The Balaban J connectivity index is 1.37. The number of thiazole rings is 1. The van der Waals surface area contributed by atoms with E-state index in [-0.39, 0.29) is 29.1 Å². The SMILES string of the molecule is CC(C)n1c(=O)sc2cc(NC(=O)[C@H]3CCCN(S(=O)(=O)CCCc4ccccc4)C3)ccc21. The number of hydrogen-bond donors (Lipinski definition) is 1. The van der Waals surface area contributed by atoms with Gasteiger partial charge in [-0.15, -0.1) is 0 Å². The average Bonchev–Trinajstić information content (AvgIpc) is 3.15. The maximum atomic E-state index is 13.0. The number of carbonyl (C=O) groups excluding carboxylic acids is 1. The molecule has 182 valence electrons. The molecule has 0 unspecified atom stereocenters. The van der Waals surface area contributed by atoms with Gasteiger partial charge in [0.1, 0.15) is 0 Å². The maximum Gasteiger partial charge on any atom is 0.308 e. The third-order valence-electron chi connectivity index (χ3n) is 6.26. The van der Waals surface area contributed by atoms with Crippen molar-refractivity contribution in [2.24, 2.45) is 5.92 Å². The van der Waals surface area contributed by atoms with Gasteiger partial charge in [0.2, 0.25) is 15.9 Å². The fourth-order valence-corrected chi connectivity index (χ4v) is 7.12. The van der Waals surface area contributed by atoms with Crippen LogP contribution >= 0.6 is 11.3 Å². The van der Waals surface area contributed by atoms with E-state index >= 15 is 0 Å². The van der Waals surface area contributed by atoms with E-state index < -0.39 is 15.9 Å². The minimum Gasteiger partial charge on any atom is -0.326 e. The first-order valence-electron chi connectivity index (χ1n) is 11.7. The predicted octanol–water partition coefficient (Wildman–Crippen LogP) is 4.26. The van der Waals surface area contributed by atoms with Crippen LogP contribution in [0.2, 0.25) is 0 Å². The summed E-state index contributed by atoms with van der Waals surface area (Å²) in [7, 11) is -3.41. The number of aryl methyl sites for hydroxylation is 1. The molecule has 1 amide bonds. The van der Waals surface area contributed by atoms with Gasteiger partial charge in [0.05, 0.1) is 21.9 Å². The Labute approximate surface area is 204 Å². The summed E-state index contributed by atoms with van der Waals surface area (Å²) >= 11 is 1.16. The molecule has 1 atom stereocenters. The normalized spacial score (nSPS) is 17.3. The number of sulfonamides is 1. The second-order valence-corrected chi connectivity index (χ2v) is 12.2. The molecule has 1 aliphatic rings. The number of piperidine rings is 1. The average molecular weight is 502 g/mol. The van der Waals surface area contributed by atoms with Crippen molar-refractivity contribution in [3.8, 4) is 0 Å². The maximum absolute atomic E-state index is 13.0. The first kappa shape index (κ1) is 24.6. The van der Waals surface area contributed by atoms with Crippen molar-refractivity contribution in [2.75, 3.05) is 24.2 Å². The Kier molecular flexibility index (Phi) is 7.54. The van der Waals surface area contributed by atoms with Crippen molar-refractivity contribution in [3.63, 3.8) is 0 Å². The number of fused-ring (bicyclic) bond motifs is 1. The summed E-state index contributed by atoms with van der Waals surface area (Å²) in [5.74, 6) is -0.495. The monoisotopic (exact) mass is 501 g/mol. The van der Waals surface area contributed by atoms with Crippen molar-refractivity contribution in [1.82, 2.24) is 8.87 Å². The molecule has 3 aromatic rings. The second-order valence-electron chi connectivity index (χ2n) is 9.11. The van der Waals surface area contributed by atoms with Crippen LogP contribution in [0.25, 0.3) is 10.2 Å². The molecule has 1 aromatic heterocycles. The van der Waals surface area contributed by atoms with E-state index in [1.807, 2.05) is 56.3 Å². The van der Waals surface area contributed by atoms with Gasteiger partial charge in [-0.2, -0.15) is 0 Å². The first-order valence-corrected chi connectivity index (χ1v) is 14.1. The van der Waals surface area contributed by atoms with Gasteiger partial charge in [0.25, 0.3) is 0 Å². The largest absolute Gasteiger partial charge is 0.326 e. The highest BCUT2D eigenvalue weighted by atomic mass is 32.2. The van der Waals surface area contributed by atoms with Gasteiger partial charge >= 0.3 is 4.87 Å². The molecule has 9 heteroatoms. The lowest BCUT2D eigenvalue weighted by molar-refractivity contribution is -0.120. The number of nitrogens with zero attached hydrogens (tertiary/aromatic N) is 2. The van der Waals surface area contributed by atoms with Gasteiger partial charge in [-0.1, -0.05) is 41.7 Å². The van der Waals surface area contributed by atoms with E-state index in [1.165, 1.54) is 4.31 Å². The van der Waals surface area contributed by atoms with E-state index in [1.54, 1.807) is 10.6 Å². The summed E-state index contributed by atoms with van der Waals surface area (Å²) < 4.78 is 29.8. The Morgan fingerprint density at radius 2 is 1.94 bits per heavy atom. The molecule has 0 bridgehead atoms. The Bertz CT molecular complexity index is 1310. The number of aromatic nitrogens is 1. The fraction of sp³-hybridized carbons (Fsp3) is 0.440. The number of carbonyl (C=O) groups is 1. The van der Waals surface area contributed by atoms with Crippen molar-refractivity contribution in [3.05, 3.63) is 63.8 Å². The van der Waals surface area contributed by atoms with E-state index in [0.29, 0.717) is 37.9 Å². The summed E-state index contributed by atoms with van der Waals surface area (Å²) in [6.07, 6.45) is 2.58. The third kappa shape index (κ3) is 5.59. The molecule has 1 saturated heterocycles. The lowest BCUT2D eigenvalue weighted by Gasteiger charge is -2.31. The van der Waals surface area contributed by atoms with Gasteiger partial charge in [0, 0.05) is 24.8 Å². The fourth-order valence-electron chi connectivity index (χ4n) is 4.49. The van der Waals surface area contributed by atoms with E-state index in [9.17, 15) is 18.0 Å². The minimum atomic E-state index is -3.41. The van der Waals surface area contributed by atoms with Crippen LogP contribution in [0.15, 0.2) is 53.3 Å². The molecule has 7 nitrogen and oxygen atoms in total. The van der Waals surface area contributed by atoms with Gasteiger partial charge in [-0.05, 0) is 63.3 Å². The number of rotatable bonds is 8. The standard InChI is InChI=1S/C25H31N3O4S2/c1-18(2)28-22-13-12-21(16-23(22)33-25(28)30)26-24(29)20-11-6-14-27(17-20)34(31,32)15-7-10-19-8-4-3-5-9-19/h3-5,8-9,12-13,16,18,20H,6-7,10-11,14-15,17H2,1-2H3,(H,26,29)/t20-/m0/s1. The minimum absolute atomic E-state index is 0.0196. The quantitative estimate of drug-likeness (QED) is 0.500. The Morgan fingerprint density at radius 3 is 2.68 bits per heavy atom. The zero-order chi connectivity index (χ0) is 24.3. The highest BCUT2D eigenvalue weighted by Gasteiger charge is 2.32. The Morgan fingerprint density at radius 1 is 1.18 bits per heavy atom. The first-order chi connectivity index (χ1) is 16.2. The number of anilines is 1. The molecule has 0 spiro atoms. The molecular weight excluding hydrogens is 470 g/mol. The summed E-state index contributed by atoms with van der Waals surface area (Å²) in [5.41, 5.74) is 2.60. The van der Waals surface area contributed by atoms with Gasteiger partial charge in [0.15, 0.2) is 0 Å². The molecule has 1 N–H and O–H groups in total. The van der Waals surface area contributed by atoms with Crippen molar-refractivity contribution >= 4 is 43.2 Å². The van der Waals surface area contributed by atoms with E-state index in [0.717, 1.165) is 27.1 Å². The topological polar surface area (TPSA) is 88.5 Å². The molecule has 1 aliphatic heterocycles. The number of nitrogens with one attached hydrogen (secondary N) is 1. The molecule has 0 radical (unpaired) electrons. The number of hydrogen-bond acceptors (Lipinski definition) is 5. The molecular formula is C25H31N3O4S2. The van der Waals surface area contributed by atoms with Crippen LogP contribution in [-0.4, -0.2) is 42.0 Å². The molecule has 0 aliphatic carbocycles. The van der Waals surface area contributed by atoms with Crippen LogP contribution in [0.3, 0.4) is 0 Å². The van der Waals surface area contributed by atoms with Crippen molar-refractivity contribution in [2.45, 2.75) is 45.6 Å². The lowest BCUT2D eigenvalue weighted by atomic mass is 9.98. The predicted molar refractivity (Wildman–Crippen MR) is 138 cm³/mol. The molecule has 2 aromatic carbocycles. The highest BCUT2D eigenvalue weighted by Crippen LogP contribution is 2.26. The summed E-state index contributed by atoms with van der Waals surface area (Å²) in [5, 5.41) is 2.93. The summed E-state index contributed by atoms with van der Waals surface area (Å²) in [6, 6.07) is 15.4. The molecule has 0 saturated carbocycles. The summed E-state index contributed by atoms with van der Waals surface area (Å²) in [4.78, 5) is 25.2.